The van der Waals surface area contributed by atoms with Gasteiger partial charge in [-0.3, -0.25) is 4.90 Å². The van der Waals surface area contributed by atoms with Gasteiger partial charge in [0.05, 0.1) is 18.7 Å². The summed E-state index contributed by atoms with van der Waals surface area (Å²) >= 11 is 2.06. The van der Waals surface area contributed by atoms with Crippen LogP contribution in [-0.2, 0) is 30.5 Å². The Morgan fingerprint density at radius 1 is 1.00 bits per heavy atom. The molecule has 1 aliphatic carbocycles. The summed E-state index contributed by atoms with van der Waals surface area (Å²) in [6.45, 7) is 1.94. The lowest BCUT2D eigenvalue weighted by molar-refractivity contribution is 0.0600. The fourth-order valence-electron chi connectivity index (χ4n) is 4.96. The number of thiophene rings is 1. The number of carbonyl (C=O) groups excluding carboxylic acids is 1. The zero-order valence-electron chi connectivity index (χ0n) is 17.4. The van der Waals surface area contributed by atoms with E-state index in [-0.39, 0.29) is 5.97 Å². The quantitative estimate of drug-likeness (QED) is 0.521. The highest BCUT2D eigenvalue weighted by atomic mass is 32.1. The second-order valence-electron chi connectivity index (χ2n) is 8.28. The molecule has 4 heteroatoms. The second kappa shape index (κ2) is 8.37. The number of esters is 1. The molecule has 5 rings (SSSR count). The van der Waals surface area contributed by atoms with Crippen LogP contribution in [-0.4, -0.2) is 24.5 Å². The maximum atomic E-state index is 11.8. The Balaban J connectivity index is 1.49. The first-order valence-electron chi connectivity index (χ1n) is 10.8. The average Bonchev–Trinajstić information content (AvgIpc) is 3.18. The minimum Gasteiger partial charge on any atom is -0.465 e. The van der Waals surface area contributed by atoms with Crippen LogP contribution in [0.15, 0.2) is 54.6 Å². The molecule has 1 unspecified atom stereocenters. The number of carbonyl (C=O) groups is 1. The van der Waals surface area contributed by atoms with E-state index in [9.17, 15) is 4.79 Å². The van der Waals surface area contributed by atoms with E-state index in [2.05, 4.69) is 58.7 Å². The molecule has 0 saturated carbocycles. The molecule has 2 aromatic carbocycles. The predicted molar refractivity (Wildman–Crippen MR) is 121 cm³/mol. The van der Waals surface area contributed by atoms with Crippen LogP contribution < -0.4 is 0 Å². The third-order valence-electron chi connectivity index (χ3n) is 6.45. The van der Waals surface area contributed by atoms with Gasteiger partial charge in [-0.25, -0.2) is 4.79 Å². The summed E-state index contributed by atoms with van der Waals surface area (Å²) < 4.78 is 4.83. The predicted octanol–water partition coefficient (Wildman–Crippen LogP) is 5.56. The normalized spacial score (nSPS) is 18.5. The summed E-state index contributed by atoms with van der Waals surface area (Å²) in [7, 11) is 1.42. The molecule has 1 aromatic heterocycles. The summed E-state index contributed by atoms with van der Waals surface area (Å²) in [4.78, 5) is 17.6. The highest BCUT2D eigenvalue weighted by molar-refractivity contribution is 7.12. The molecule has 0 radical (unpaired) electrons. The Kier molecular flexibility index (Phi) is 5.45. The van der Waals surface area contributed by atoms with Gasteiger partial charge in [0.2, 0.25) is 0 Å². The van der Waals surface area contributed by atoms with Gasteiger partial charge in [0.25, 0.3) is 0 Å². The molecule has 1 aliphatic heterocycles. The molecule has 3 nitrogen and oxygen atoms in total. The molecular weight excluding hydrogens is 390 g/mol. The van der Waals surface area contributed by atoms with E-state index in [0.717, 1.165) is 19.5 Å². The molecule has 2 aliphatic rings. The monoisotopic (exact) mass is 417 g/mol. The molecule has 0 saturated heterocycles. The summed E-state index contributed by atoms with van der Waals surface area (Å²) in [5.41, 5.74) is 6.52. The van der Waals surface area contributed by atoms with Crippen molar-refractivity contribution < 1.29 is 9.53 Å². The van der Waals surface area contributed by atoms with Crippen molar-refractivity contribution in [2.24, 2.45) is 0 Å². The zero-order valence-corrected chi connectivity index (χ0v) is 18.2. The van der Waals surface area contributed by atoms with Crippen molar-refractivity contribution >= 4 is 17.3 Å². The van der Waals surface area contributed by atoms with E-state index in [4.69, 9.17) is 4.74 Å². The van der Waals surface area contributed by atoms with E-state index in [0.29, 0.717) is 11.6 Å². The molecule has 2 heterocycles. The van der Waals surface area contributed by atoms with Gasteiger partial charge in [-0.2, -0.15) is 0 Å². The Labute approximate surface area is 182 Å². The van der Waals surface area contributed by atoms with Gasteiger partial charge in [0.15, 0.2) is 0 Å². The first-order valence-corrected chi connectivity index (χ1v) is 11.7. The first kappa shape index (κ1) is 19.5. The Morgan fingerprint density at radius 2 is 1.77 bits per heavy atom. The van der Waals surface area contributed by atoms with Crippen LogP contribution in [0.5, 0.6) is 0 Å². The van der Waals surface area contributed by atoms with Crippen LogP contribution in [0, 0.1) is 0 Å². The van der Waals surface area contributed by atoms with Crippen LogP contribution in [0.1, 0.15) is 61.2 Å². The minimum atomic E-state index is -0.282. The van der Waals surface area contributed by atoms with Crippen molar-refractivity contribution in [1.29, 1.82) is 0 Å². The lowest BCUT2D eigenvalue weighted by Gasteiger charge is -2.36. The second-order valence-corrected chi connectivity index (χ2v) is 9.41. The number of fused-ring (bicyclic) bond motifs is 3. The van der Waals surface area contributed by atoms with Crippen LogP contribution >= 0.6 is 11.3 Å². The van der Waals surface area contributed by atoms with Crippen LogP contribution in [0.4, 0.5) is 0 Å². The van der Waals surface area contributed by atoms with E-state index in [1.54, 1.807) is 20.9 Å². The number of nitrogens with zero attached hydrogens (tertiary/aromatic N) is 1. The van der Waals surface area contributed by atoms with Crippen molar-refractivity contribution in [3.63, 3.8) is 0 Å². The van der Waals surface area contributed by atoms with Crippen molar-refractivity contribution in [2.45, 2.75) is 44.7 Å². The Morgan fingerprint density at radius 3 is 2.53 bits per heavy atom. The topological polar surface area (TPSA) is 29.5 Å². The lowest BCUT2D eigenvalue weighted by atomic mass is 9.88. The number of hydrogen-bond donors (Lipinski definition) is 0. The minimum absolute atomic E-state index is 0.282. The van der Waals surface area contributed by atoms with Gasteiger partial charge in [-0.1, -0.05) is 42.5 Å². The zero-order chi connectivity index (χ0) is 20.5. The maximum Gasteiger partial charge on any atom is 0.337 e. The lowest BCUT2D eigenvalue weighted by Crippen LogP contribution is -2.35. The fourth-order valence-corrected chi connectivity index (χ4v) is 6.57. The van der Waals surface area contributed by atoms with Crippen LogP contribution in [0.25, 0.3) is 0 Å². The smallest absolute Gasteiger partial charge is 0.337 e. The van der Waals surface area contributed by atoms with Gasteiger partial charge in [0.1, 0.15) is 0 Å². The van der Waals surface area contributed by atoms with Gasteiger partial charge in [-0.05, 0) is 66.5 Å². The van der Waals surface area contributed by atoms with Crippen molar-refractivity contribution in [2.75, 3.05) is 13.7 Å². The molecule has 0 spiro atoms. The third-order valence-corrected chi connectivity index (χ3v) is 7.84. The van der Waals surface area contributed by atoms with Gasteiger partial charge >= 0.3 is 5.97 Å². The van der Waals surface area contributed by atoms with Gasteiger partial charge in [0, 0.05) is 22.8 Å². The third kappa shape index (κ3) is 3.59. The SMILES string of the molecule is COC(=O)c1ccc(CN2CCc3c(sc4c3CCCC4)C2c2ccccc2)cc1. The molecule has 154 valence electrons. The number of hydrogen-bond acceptors (Lipinski definition) is 4. The van der Waals surface area contributed by atoms with Crippen molar-refractivity contribution in [3.05, 3.63) is 92.2 Å². The summed E-state index contributed by atoms with van der Waals surface area (Å²) in [5, 5.41) is 0. The summed E-state index contributed by atoms with van der Waals surface area (Å²) in [6.07, 6.45) is 6.33. The van der Waals surface area contributed by atoms with E-state index >= 15 is 0 Å². The molecule has 30 heavy (non-hydrogen) atoms. The number of aryl methyl sites for hydroxylation is 1. The number of benzene rings is 2. The molecule has 1 atom stereocenters. The molecule has 0 fully saturated rings. The largest absolute Gasteiger partial charge is 0.465 e. The number of rotatable bonds is 4. The number of methoxy groups -OCH3 is 1. The van der Waals surface area contributed by atoms with E-state index in [1.807, 2.05) is 12.1 Å². The highest BCUT2D eigenvalue weighted by Gasteiger charge is 2.33. The number of ether oxygens (including phenoxy) is 1. The summed E-state index contributed by atoms with van der Waals surface area (Å²) in [6, 6.07) is 19.1. The molecule has 0 bridgehead atoms. The van der Waals surface area contributed by atoms with Crippen molar-refractivity contribution in [1.82, 2.24) is 4.90 Å². The van der Waals surface area contributed by atoms with E-state index in [1.165, 1.54) is 43.9 Å². The van der Waals surface area contributed by atoms with Crippen LogP contribution in [0.3, 0.4) is 0 Å². The molecular formula is C26H27NO2S. The summed E-state index contributed by atoms with van der Waals surface area (Å²) in [5.74, 6) is -0.282. The fraction of sp³-hybridized carbons (Fsp3) is 0.346. The molecule has 0 N–H and O–H groups in total. The molecule has 3 aromatic rings. The van der Waals surface area contributed by atoms with Gasteiger partial charge < -0.3 is 4.74 Å². The maximum absolute atomic E-state index is 11.8. The highest BCUT2D eigenvalue weighted by Crippen LogP contribution is 2.45. The van der Waals surface area contributed by atoms with Crippen LogP contribution in [0.2, 0.25) is 0 Å². The Bertz CT molecular complexity index is 1040. The van der Waals surface area contributed by atoms with Gasteiger partial charge in [-0.15, -0.1) is 11.3 Å². The molecule has 0 amide bonds. The first-order chi connectivity index (χ1) is 14.7. The Hall–Kier alpha value is -2.43. The average molecular weight is 418 g/mol. The van der Waals surface area contributed by atoms with Crippen molar-refractivity contribution in [3.8, 4) is 0 Å². The standard InChI is InChI=1S/C26H27NO2S/c1-29-26(28)20-13-11-18(12-14-20)17-27-16-15-22-21-9-5-6-10-23(21)30-25(22)24(27)19-7-3-2-4-8-19/h2-4,7-8,11-14,24H,5-6,9-10,15-17H2,1H3. The van der Waals surface area contributed by atoms with E-state index < -0.39 is 0 Å².